The number of hydrogen-bond donors (Lipinski definition) is 3. The van der Waals surface area contributed by atoms with Crippen molar-refractivity contribution in [2.75, 3.05) is 17.6 Å². The van der Waals surface area contributed by atoms with Crippen molar-refractivity contribution in [1.29, 1.82) is 0 Å². The van der Waals surface area contributed by atoms with Crippen molar-refractivity contribution in [2.45, 2.75) is 4.90 Å². The second kappa shape index (κ2) is 9.58. The molecule has 36 heavy (non-hydrogen) atoms. The molecule has 0 fully saturated rings. The summed E-state index contributed by atoms with van der Waals surface area (Å²) < 4.78 is 60.3. The first kappa shape index (κ1) is 24.5. The first-order chi connectivity index (χ1) is 17.1. The summed E-state index contributed by atoms with van der Waals surface area (Å²) in [4.78, 5) is 18.5. The Morgan fingerprint density at radius 1 is 1.11 bits per heavy atom. The second-order valence-electron chi connectivity index (χ2n) is 7.50. The predicted octanol–water partition coefficient (Wildman–Crippen LogP) is 4.06. The molecule has 9 nitrogen and oxygen atoms in total. The van der Waals surface area contributed by atoms with E-state index < -0.39 is 32.5 Å². The molecule has 0 amide bonds. The molecule has 4 aromatic rings. The van der Waals surface area contributed by atoms with Crippen LogP contribution in [-0.4, -0.2) is 36.6 Å². The fourth-order valence-corrected chi connectivity index (χ4v) is 4.53. The molecule has 4 N–H and O–H groups in total. The van der Waals surface area contributed by atoms with E-state index in [9.17, 15) is 22.0 Å². The number of benzene rings is 2. The number of ether oxygens (including phenoxy) is 1. The molecule has 0 spiro atoms. The van der Waals surface area contributed by atoms with E-state index in [0.717, 1.165) is 18.2 Å². The van der Waals surface area contributed by atoms with Crippen molar-refractivity contribution < 1.29 is 31.8 Å². The van der Waals surface area contributed by atoms with E-state index in [1.165, 1.54) is 25.4 Å². The number of carboxylic acids is 1. The Morgan fingerprint density at radius 3 is 2.58 bits per heavy atom. The summed E-state index contributed by atoms with van der Waals surface area (Å²) in [5.41, 5.74) is 7.90. The van der Waals surface area contributed by atoms with Gasteiger partial charge < -0.3 is 15.6 Å². The summed E-state index contributed by atoms with van der Waals surface area (Å²) >= 11 is 0. The molecule has 12 heteroatoms. The molecule has 0 atom stereocenters. The Balaban J connectivity index is 1.75. The molecule has 0 saturated heterocycles. The van der Waals surface area contributed by atoms with Crippen LogP contribution in [0.25, 0.3) is 28.1 Å². The number of rotatable bonds is 7. The predicted molar refractivity (Wildman–Crippen MR) is 130 cm³/mol. The number of fused-ring (bicyclic) bond motifs is 1. The van der Waals surface area contributed by atoms with Gasteiger partial charge in [-0.15, -0.1) is 0 Å². The Kier molecular flexibility index (Phi) is 6.53. The third kappa shape index (κ3) is 5.08. The number of pyridine rings is 2. The molecular formula is C24H18F2N4O5S. The first-order valence-electron chi connectivity index (χ1n) is 10.2. The molecule has 2 heterocycles. The minimum atomic E-state index is -4.44. The highest BCUT2D eigenvalue weighted by molar-refractivity contribution is 7.92. The Bertz CT molecular complexity index is 1640. The van der Waals surface area contributed by atoms with Crippen LogP contribution in [-0.2, 0) is 14.8 Å². The van der Waals surface area contributed by atoms with E-state index >= 15 is 0 Å². The van der Waals surface area contributed by atoms with Crippen LogP contribution >= 0.6 is 0 Å². The van der Waals surface area contributed by atoms with Crippen LogP contribution in [0.5, 0.6) is 5.88 Å². The minimum Gasteiger partial charge on any atom is -0.480 e. The van der Waals surface area contributed by atoms with Gasteiger partial charge in [0, 0.05) is 34.9 Å². The van der Waals surface area contributed by atoms with Crippen molar-refractivity contribution in [3.63, 3.8) is 0 Å². The van der Waals surface area contributed by atoms with Gasteiger partial charge in [-0.2, -0.15) is 0 Å². The quantitative estimate of drug-likeness (QED) is 0.314. The highest BCUT2D eigenvalue weighted by atomic mass is 32.2. The van der Waals surface area contributed by atoms with Gasteiger partial charge in [0.25, 0.3) is 10.0 Å². The number of nitrogens with two attached hydrogens (primary N) is 1. The molecule has 0 aliphatic carbocycles. The lowest BCUT2D eigenvalue weighted by atomic mass is 10.0. The number of aromatic nitrogens is 2. The number of aliphatic carboxylic acids is 1. The third-order valence-corrected chi connectivity index (χ3v) is 6.49. The number of carboxylic acid groups (broad SMARTS) is 1. The molecule has 0 aliphatic heterocycles. The van der Waals surface area contributed by atoms with Gasteiger partial charge >= 0.3 is 5.97 Å². The third-order valence-electron chi connectivity index (χ3n) is 5.09. The maximum atomic E-state index is 14.1. The maximum absolute atomic E-state index is 14.1. The standard InChI is InChI=1S/C24H18F2N4O5S/c1-35-24-20(30-36(33,34)21-6-4-17(25)11-18(21)26)10-16(12-28-24)13-2-5-19-15(8-13)9-14(23(27)29-19)3-7-22(31)32/h2-12,30H,1H3,(H2,27,29)(H,31,32). The molecular weight excluding hydrogens is 494 g/mol. The molecule has 0 bridgehead atoms. The van der Waals surface area contributed by atoms with E-state index in [0.29, 0.717) is 33.7 Å². The monoisotopic (exact) mass is 512 g/mol. The van der Waals surface area contributed by atoms with Crippen LogP contribution in [0.4, 0.5) is 20.3 Å². The normalized spacial score (nSPS) is 11.6. The van der Waals surface area contributed by atoms with Crippen LogP contribution in [0, 0.1) is 11.6 Å². The number of anilines is 2. The zero-order valence-corrected chi connectivity index (χ0v) is 19.4. The minimum absolute atomic E-state index is 0.0684. The van der Waals surface area contributed by atoms with Gasteiger partial charge in [-0.3, -0.25) is 4.72 Å². The lowest BCUT2D eigenvalue weighted by Gasteiger charge is -2.13. The molecule has 0 unspecified atom stereocenters. The van der Waals surface area contributed by atoms with Crippen LogP contribution < -0.4 is 15.2 Å². The molecule has 2 aromatic heterocycles. The molecule has 0 saturated carbocycles. The van der Waals surface area contributed by atoms with Crippen molar-refractivity contribution in [1.82, 2.24) is 9.97 Å². The molecule has 2 aromatic carbocycles. The van der Waals surface area contributed by atoms with Crippen LogP contribution in [0.1, 0.15) is 5.56 Å². The Morgan fingerprint density at radius 2 is 1.89 bits per heavy atom. The van der Waals surface area contributed by atoms with Crippen LogP contribution in [0.15, 0.2) is 65.7 Å². The summed E-state index contributed by atoms with van der Waals surface area (Å²) in [6, 6.07) is 10.4. The van der Waals surface area contributed by atoms with Gasteiger partial charge in [0.1, 0.15) is 28.0 Å². The summed E-state index contributed by atoms with van der Waals surface area (Å²) in [5.74, 6) is -3.21. The molecule has 4 rings (SSSR count). The fraction of sp³-hybridized carbons (Fsp3) is 0.0417. The molecule has 0 aliphatic rings. The van der Waals surface area contributed by atoms with Crippen molar-refractivity contribution in [3.8, 4) is 17.0 Å². The zero-order chi connectivity index (χ0) is 26.0. The van der Waals surface area contributed by atoms with Crippen molar-refractivity contribution >= 4 is 44.5 Å². The number of carbonyl (C=O) groups is 1. The number of nitrogens with one attached hydrogen (secondary N) is 1. The lowest BCUT2D eigenvalue weighted by molar-refractivity contribution is -0.131. The maximum Gasteiger partial charge on any atom is 0.328 e. The lowest BCUT2D eigenvalue weighted by Crippen LogP contribution is -2.15. The van der Waals surface area contributed by atoms with E-state index in [1.54, 1.807) is 24.3 Å². The topological polar surface area (TPSA) is 144 Å². The van der Waals surface area contributed by atoms with Gasteiger partial charge in [-0.25, -0.2) is 32.0 Å². The number of halogens is 2. The largest absolute Gasteiger partial charge is 0.480 e. The number of nitrogen functional groups attached to an aromatic ring is 1. The molecule has 0 radical (unpaired) electrons. The number of sulfonamides is 1. The van der Waals surface area contributed by atoms with E-state index in [1.807, 2.05) is 0 Å². The summed E-state index contributed by atoms with van der Waals surface area (Å²) in [7, 11) is -3.15. The van der Waals surface area contributed by atoms with Gasteiger partial charge in [0.15, 0.2) is 0 Å². The van der Waals surface area contributed by atoms with E-state index in [2.05, 4.69) is 14.7 Å². The average molecular weight is 512 g/mol. The smallest absolute Gasteiger partial charge is 0.328 e. The average Bonchev–Trinajstić information content (AvgIpc) is 2.81. The summed E-state index contributed by atoms with van der Waals surface area (Å²) in [6.45, 7) is 0. The highest BCUT2D eigenvalue weighted by Crippen LogP contribution is 2.32. The van der Waals surface area contributed by atoms with Gasteiger partial charge in [0.2, 0.25) is 5.88 Å². The number of nitrogens with zero attached hydrogens (tertiary/aromatic N) is 2. The number of methoxy groups -OCH3 is 1. The summed E-state index contributed by atoms with van der Waals surface area (Å²) in [5, 5.41) is 9.51. The van der Waals surface area contributed by atoms with Crippen LogP contribution in [0.2, 0.25) is 0 Å². The fourth-order valence-electron chi connectivity index (χ4n) is 3.42. The summed E-state index contributed by atoms with van der Waals surface area (Å²) in [6.07, 6.45) is 3.72. The van der Waals surface area contributed by atoms with Gasteiger partial charge in [-0.1, -0.05) is 6.07 Å². The van der Waals surface area contributed by atoms with Gasteiger partial charge in [-0.05, 0) is 48.0 Å². The Hall–Kier alpha value is -4.58. The first-order valence-corrected chi connectivity index (χ1v) is 11.7. The van der Waals surface area contributed by atoms with Crippen molar-refractivity contribution in [3.05, 3.63) is 78.0 Å². The number of hydrogen-bond acceptors (Lipinski definition) is 7. The second-order valence-corrected chi connectivity index (χ2v) is 9.15. The molecule has 184 valence electrons. The van der Waals surface area contributed by atoms with Crippen molar-refractivity contribution in [2.24, 2.45) is 0 Å². The van der Waals surface area contributed by atoms with Gasteiger partial charge in [0.05, 0.1) is 12.6 Å². The zero-order valence-electron chi connectivity index (χ0n) is 18.6. The van der Waals surface area contributed by atoms with E-state index in [4.69, 9.17) is 15.6 Å². The van der Waals surface area contributed by atoms with E-state index in [-0.39, 0.29) is 17.4 Å². The Labute approximate surface area is 203 Å². The van der Waals surface area contributed by atoms with Crippen LogP contribution in [0.3, 0.4) is 0 Å². The SMILES string of the molecule is COc1ncc(-c2ccc3nc(N)c(C=CC(=O)O)cc3c2)cc1NS(=O)(=O)c1ccc(F)cc1F. The highest BCUT2D eigenvalue weighted by Gasteiger charge is 2.22.